The second-order valence-electron chi connectivity index (χ2n) is 24.6. The molecule has 0 aromatic heterocycles. The van der Waals surface area contributed by atoms with Crippen molar-refractivity contribution in [1.29, 1.82) is 0 Å². The number of aryl methyl sites for hydroxylation is 1. The Morgan fingerprint density at radius 3 is 1.89 bits per heavy atom. The summed E-state index contributed by atoms with van der Waals surface area (Å²) in [6, 6.07) is 45.8. The molecular weight excluding hydrogens is 1090 g/mol. The molecule has 0 bridgehead atoms. The number of hydrogen-bond donors (Lipinski definition) is 3. The number of benzene rings is 7. The highest BCUT2D eigenvalue weighted by Crippen LogP contribution is 2.45. The predicted octanol–water partition coefficient (Wildman–Crippen LogP) is 12.0. The van der Waals surface area contributed by atoms with Gasteiger partial charge in [0.05, 0.1) is 6.42 Å². The molecule has 0 atom stereocenters. The van der Waals surface area contributed by atoms with Gasteiger partial charge in [0.1, 0.15) is 32.7 Å². The van der Waals surface area contributed by atoms with Gasteiger partial charge < -0.3 is 29.6 Å². The van der Waals surface area contributed by atoms with Crippen molar-refractivity contribution in [3.05, 3.63) is 220 Å². The maximum Gasteiger partial charge on any atom is 0.569 e. The van der Waals surface area contributed by atoms with Crippen molar-refractivity contribution >= 4 is 78.8 Å². The molecule has 3 heterocycles. The maximum atomic E-state index is 12.9. The highest BCUT2D eigenvalue weighted by molar-refractivity contribution is 6.98. The van der Waals surface area contributed by atoms with Crippen molar-refractivity contribution in [2.24, 2.45) is 0 Å². The van der Waals surface area contributed by atoms with Crippen LogP contribution in [-0.4, -0.2) is 111 Å². The summed E-state index contributed by atoms with van der Waals surface area (Å²) < 4.78 is 13.9. The van der Waals surface area contributed by atoms with Gasteiger partial charge in [-0.3, -0.25) is 19.4 Å². The molecular formula is C73H80B2N5O6Si+. The zero-order chi connectivity index (χ0) is 60.8. The smallest absolute Gasteiger partial charge is 0.537 e. The molecule has 87 heavy (non-hydrogen) atoms. The predicted molar refractivity (Wildman–Crippen MR) is 359 cm³/mol. The first-order valence-electron chi connectivity index (χ1n) is 30.9. The lowest BCUT2D eigenvalue weighted by atomic mass is 9.85. The molecule has 0 saturated carbocycles. The average molecular weight is 1170 g/mol. The molecule has 7 aromatic carbocycles. The van der Waals surface area contributed by atoms with E-state index in [0.29, 0.717) is 81.3 Å². The van der Waals surface area contributed by atoms with E-state index in [2.05, 4.69) is 155 Å². The maximum absolute atomic E-state index is 12.9. The number of allylic oxidation sites excluding steroid dienone is 6. The van der Waals surface area contributed by atoms with E-state index in [0.717, 1.165) is 98.2 Å². The number of Topliss-reactive ketones (excluding diaryl/α,β-unsaturated/α-hetero) is 1. The molecule has 4 aliphatic rings. The van der Waals surface area contributed by atoms with Crippen LogP contribution in [0.25, 0.3) is 38.2 Å². The monoisotopic (exact) mass is 1170 g/mol. The molecule has 2 radical (unpaired) electrons. The lowest BCUT2D eigenvalue weighted by Crippen LogP contribution is -2.50. The summed E-state index contributed by atoms with van der Waals surface area (Å²) in [5.41, 5.74) is 16.6. The van der Waals surface area contributed by atoms with Crippen molar-refractivity contribution in [1.82, 2.24) is 15.1 Å². The number of nitrogens with one attached hydrogen (secondary N) is 1. The lowest BCUT2D eigenvalue weighted by molar-refractivity contribution is -0.582. The van der Waals surface area contributed by atoms with Crippen LogP contribution in [-0.2, 0) is 35.8 Å². The van der Waals surface area contributed by atoms with E-state index >= 15 is 0 Å². The summed E-state index contributed by atoms with van der Waals surface area (Å²) in [4.78, 5) is 32.9. The van der Waals surface area contributed by atoms with Gasteiger partial charge in [-0.2, -0.15) is 0 Å². The van der Waals surface area contributed by atoms with E-state index < -0.39 is 8.07 Å². The van der Waals surface area contributed by atoms with Gasteiger partial charge in [0, 0.05) is 93.3 Å². The third kappa shape index (κ3) is 13.2. The molecule has 0 unspecified atom stereocenters. The minimum atomic E-state index is -2.18. The number of carbonyl (C=O) groups excluding carboxylic acids is 2. The van der Waals surface area contributed by atoms with Crippen molar-refractivity contribution in [3.63, 3.8) is 0 Å². The summed E-state index contributed by atoms with van der Waals surface area (Å²) >= 11 is 0. The van der Waals surface area contributed by atoms with Crippen LogP contribution in [0.4, 0.5) is 5.69 Å². The number of hydrogen-bond acceptors (Lipinski definition) is 9. The highest BCUT2D eigenvalue weighted by atomic mass is 28.3. The fourth-order valence-electron chi connectivity index (χ4n) is 13.1. The molecule has 442 valence electrons. The summed E-state index contributed by atoms with van der Waals surface area (Å²) in [5.74, 6) is 1.07. The van der Waals surface area contributed by atoms with E-state index in [1.54, 1.807) is 13.8 Å². The molecule has 11 rings (SSSR count). The second kappa shape index (κ2) is 27.0. The van der Waals surface area contributed by atoms with E-state index in [4.69, 9.17) is 9.31 Å². The minimum absolute atomic E-state index is 0.0834. The topological polar surface area (TPSA) is 118 Å². The first kappa shape index (κ1) is 60.8. The molecule has 14 heteroatoms. The van der Waals surface area contributed by atoms with E-state index in [1.807, 2.05) is 48.5 Å². The van der Waals surface area contributed by atoms with Crippen LogP contribution in [0.1, 0.15) is 91.3 Å². The second-order valence-corrected chi connectivity index (χ2v) is 28.9. The Bertz CT molecular complexity index is 3950. The van der Waals surface area contributed by atoms with Crippen molar-refractivity contribution < 1.29 is 33.5 Å². The Kier molecular flexibility index (Phi) is 18.9. The summed E-state index contributed by atoms with van der Waals surface area (Å²) in [5, 5.41) is 30.3. The first-order chi connectivity index (χ1) is 42.2. The quantitative estimate of drug-likeness (QED) is 0.0160. The van der Waals surface area contributed by atoms with E-state index in [-0.39, 0.29) is 11.7 Å². The molecule has 2 fully saturated rings. The van der Waals surface area contributed by atoms with E-state index in [9.17, 15) is 19.6 Å². The number of ketones is 1. The SMILES string of the molecule is C=C(C)C(=O)CCCCN(Cc1ccccc1O[B]O)Cc1c2ccccc2c(CN(CCCNC(=O)C(=C)C)Cc2ccccc2O[B]O)c2ccc(-c3ccc(C)c(C4=C5C=CC(=[N+]6CCC6)C=C5[Si](C)(C)c5cc(N6CCC6)ccc54)c3)cc12. The molecule has 1 amide bonds. The Morgan fingerprint density at radius 1 is 0.667 bits per heavy atom. The van der Waals surface area contributed by atoms with Crippen molar-refractivity contribution in [2.75, 3.05) is 50.7 Å². The molecule has 11 nitrogen and oxygen atoms in total. The van der Waals surface area contributed by atoms with Gasteiger partial charge in [0.25, 0.3) is 0 Å². The Hall–Kier alpha value is -7.84. The normalized spacial score (nSPS) is 15.0. The fourth-order valence-corrected chi connectivity index (χ4v) is 16.1. The molecule has 2 saturated heterocycles. The van der Waals surface area contributed by atoms with Gasteiger partial charge >= 0.3 is 15.4 Å². The molecule has 3 aliphatic heterocycles. The Labute approximate surface area is 516 Å². The van der Waals surface area contributed by atoms with Gasteiger partial charge in [0.2, 0.25) is 5.91 Å². The van der Waals surface area contributed by atoms with Gasteiger partial charge in [-0.25, -0.2) is 4.58 Å². The Balaban J connectivity index is 1.07. The van der Waals surface area contributed by atoms with Crippen LogP contribution < -0.4 is 24.7 Å². The van der Waals surface area contributed by atoms with Crippen molar-refractivity contribution in [3.8, 4) is 22.6 Å². The molecule has 7 aromatic rings. The fraction of sp³-hybridized carbons (Fsp3) is 0.301. The summed E-state index contributed by atoms with van der Waals surface area (Å²) in [6.45, 7) is 27.1. The molecule has 0 spiro atoms. The number of amides is 1. The number of anilines is 1. The van der Waals surface area contributed by atoms with Crippen LogP contribution in [0, 0.1) is 6.92 Å². The Morgan fingerprint density at radius 2 is 1.28 bits per heavy atom. The number of fused-ring (bicyclic) bond motifs is 4. The third-order valence-corrected chi connectivity index (χ3v) is 21.7. The van der Waals surface area contributed by atoms with Crippen LogP contribution in [0.15, 0.2) is 181 Å². The van der Waals surface area contributed by atoms with Crippen LogP contribution in [0.5, 0.6) is 11.5 Å². The largest absolute Gasteiger partial charge is 0.569 e. The van der Waals surface area contributed by atoms with Gasteiger partial charge in [-0.1, -0.05) is 117 Å². The van der Waals surface area contributed by atoms with Gasteiger partial charge in [-0.05, 0) is 183 Å². The number of unbranched alkanes of at least 4 members (excludes halogenated alkanes) is 1. The highest BCUT2D eigenvalue weighted by Gasteiger charge is 2.41. The van der Waals surface area contributed by atoms with Crippen molar-refractivity contribution in [2.45, 2.75) is 98.6 Å². The van der Waals surface area contributed by atoms with Crippen LogP contribution in [0.3, 0.4) is 0 Å². The van der Waals surface area contributed by atoms with Gasteiger partial charge in [-0.15, -0.1) is 0 Å². The average Bonchev–Trinajstić information content (AvgIpc) is 1.58. The number of nitrogens with zero attached hydrogens (tertiary/aromatic N) is 4. The third-order valence-electron chi connectivity index (χ3n) is 18.2. The summed E-state index contributed by atoms with van der Waals surface area (Å²) in [7, 11) is -0.711. The number of rotatable bonds is 26. The van der Waals surface area contributed by atoms with Gasteiger partial charge in [0.15, 0.2) is 11.5 Å². The standard InChI is InChI=1S/C73H79B2N5O6Si/c1-49(2)67(81)23-14-15-35-77(45-54-19-8-12-24-68(54)85-74-83)48-66-59-22-11-10-21-58(59)65(47-78(36-16-34-76-73(82)50(3)4)46-55-20-9-13-25-69(55)86-75-84)60-31-28-53(42-64(60)66)52-27-26-51(5)63(41-52)72-61-32-29-56(79-37-17-38-79)43-70(61)87(6,7)71-44-57(30-33-62(71)72)80-39-18-40-80/h8-13,19-22,24-33,41-44,83-84H,1,3,14-18,23,34-40,45-48H2,2,4-7H3/p+1. The zero-order valence-corrected chi connectivity index (χ0v) is 52.3. The summed E-state index contributed by atoms with van der Waals surface area (Å²) in [6.07, 6.45) is 12.4. The first-order valence-corrected chi connectivity index (χ1v) is 33.9. The minimum Gasteiger partial charge on any atom is -0.537 e. The molecule has 3 N–H and O–H groups in total. The lowest BCUT2D eigenvalue weighted by Gasteiger charge is -2.40. The van der Waals surface area contributed by atoms with Crippen LogP contribution in [0.2, 0.25) is 13.1 Å². The molecule has 1 aliphatic carbocycles. The zero-order valence-electron chi connectivity index (χ0n) is 51.3. The number of para-hydroxylation sites is 2. The number of carbonyl (C=O) groups is 2. The van der Waals surface area contributed by atoms with E-state index in [1.165, 1.54) is 73.6 Å². The van der Waals surface area contributed by atoms with Crippen LogP contribution >= 0.6 is 0 Å².